The molecule has 25 heavy (non-hydrogen) atoms. The fourth-order valence-electron chi connectivity index (χ4n) is 3.60. The van der Waals surface area contributed by atoms with E-state index in [0.29, 0.717) is 16.7 Å². The molecule has 2 aromatic rings. The monoisotopic (exact) mass is 359 g/mol. The van der Waals surface area contributed by atoms with Gasteiger partial charge in [-0.3, -0.25) is 4.72 Å². The third-order valence-electron chi connectivity index (χ3n) is 4.58. The number of hydrogen-bond acceptors (Lipinski definition) is 3. The molecule has 134 valence electrons. The first kappa shape index (κ1) is 17.8. The smallest absolute Gasteiger partial charge is 0.262 e. The summed E-state index contributed by atoms with van der Waals surface area (Å²) in [6, 6.07) is 10.9. The Morgan fingerprint density at radius 1 is 0.960 bits per heavy atom. The van der Waals surface area contributed by atoms with Crippen LogP contribution in [0.25, 0.3) is 0 Å². The van der Waals surface area contributed by atoms with E-state index in [4.69, 9.17) is 4.74 Å². The average Bonchev–Trinajstić information content (AvgIpc) is 3.00. The zero-order valence-electron chi connectivity index (χ0n) is 15.0. The summed E-state index contributed by atoms with van der Waals surface area (Å²) in [4.78, 5) is 0.351. The van der Waals surface area contributed by atoms with Gasteiger partial charge >= 0.3 is 0 Å². The molecule has 0 heterocycles. The highest BCUT2D eigenvalue weighted by atomic mass is 32.2. The van der Waals surface area contributed by atoms with Gasteiger partial charge in [0.1, 0.15) is 5.75 Å². The van der Waals surface area contributed by atoms with Gasteiger partial charge in [0.15, 0.2) is 0 Å². The van der Waals surface area contributed by atoms with Gasteiger partial charge in [0.2, 0.25) is 0 Å². The molecule has 0 radical (unpaired) electrons. The van der Waals surface area contributed by atoms with E-state index in [1.165, 1.54) is 12.8 Å². The maximum atomic E-state index is 12.8. The number of ether oxygens (including phenoxy) is 1. The minimum absolute atomic E-state index is 0.292. The molecule has 1 aliphatic rings. The maximum Gasteiger partial charge on any atom is 0.262 e. The van der Waals surface area contributed by atoms with Gasteiger partial charge in [0.05, 0.1) is 11.0 Å². The van der Waals surface area contributed by atoms with Gasteiger partial charge in [-0.1, -0.05) is 17.7 Å². The van der Waals surface area contributed by atoms with Gasteiger partial charge in [-0.05, 0) is 81.8 Å². The predicted octanol–water partition coefficient (Wildman–Crippen LogP) is 4.73. The van der Waals surface area contributed by atoms with Crippen molar-refractivity contribution in [1.29, 1.82) is 0 Å². The van der Waals surface area contributed by atoms with Crippen molar-refractivity contribution >= 4 is 15.7 Å². The molecule has 5 heteroatoms. The van der Waals surface area contributed by atoms with Crippen molar-refractivity contribution in [3.05, 3.63) is 53.1 Å². The van der Waals surface area contributed by atoms with E-state index in [1.807, 2.05) is 45.0 Å². The van der Waals surface area contributed by atoms with E-state index in [9.17, 15) is 8.42 Å². The van der Waals surface area contributed by atoms with E-state index >= 15 is 0 Å². The van der Waals surface area contributed by atoms with Crippen LogP contribution in [0.15, 0.2) is 41.3 Å². The molecule has 2 aromatic carbocycles. The van der Waals surface area contributed by atoms with E-state index < -0.39 is 10.0 Å². The van der Waals surface area contributed by atoms with Crippen molar-refractivity contribution in [3.63, 3.8) is 0 Å². The lowest BCUT2D eigenvalue weighted by Crippen LogP contribution is -2.16. The molecule has 3 rings (SSSR count). The summed E-state index contributed by atoms with van der Waals surface area (Å²) in [7, 11) is -3.62. The summed E-state index contributed by atoms with van der Waals surface area (Å²) in [5, 5.41) is 0. The van der Waals surface area contributed by atoms with Crippen molar-refractivity contribution in [1.82, 2.24) is 0 Å². The van der Waals surface area contributed by atoms with Crippen molar-refractivity contribution in [2.24, 2.45) is 0 Å². The van der Waals surface area contributed by atoms with E-state index in [-0.39, 0.29) is 0 Å². The van der Waals surface area contributed by atoms with Crippen LogP contribution < -0.4 is 9.46 Å². The number of benzene rings is 2. The molecule has 0 aliphatic heterocycles. The number of aryl methyl sites for hydroxylation is 3. The maximum absolute atomic E-state index is 12.8. The first-order valence-corrected chi connectivity index (χ1v) is 10.2. The molecule has 0 bridgehead atoms. The standard InChI is InChI=1S/C20H25NO3S/c1-14-12-15(2)20(16(3)13-14)25(22,23)21-17-8-10-19(11-9-17)24-18-6-4-5-7-18/h8-13,18,21H,4-7H2,1-3H3. The van der Waals surface area contributed by atoms with Crippen LogP contribution >= 0.6 is 0 Å². The van der Waals surface area contributed by atoms with Crippen LogP contribution in [-0.2, 0) is 10.0 Å². The highest BCUT2D eigenvalue weighted by Gasteiger charge is 2.20. The van der Waals surface area contributed by atoms with Gasteiger partial charge in [-0.2, -0.15) is 0 Å². The fraction of sp³-hybridized carbons (Fsp3) is 0.400. The number of rotatable bonds is 5. The topological polar surface area (TPSA) is 55.4 Å². The molecule has 0 unspecified atom stereocenters. The summed E-state index contributed by atoms with van der Waals surface area (Å²) in [6.45, 7) is 5.62. The number of nitrogens with one attached hydrogen (secondary N) is 1. The Morgan fingerprint density at radius 3 is 2.08 bits per heavy atom. The number of hydrogen-bond donors (Lipinski definition) is 1. The molecule has 1 aliphatic carbocycles. The molecule has 0 saturated heterocycles. The minimum Gasteiger partial charge on any atom is -0.490 e. The lowest BCUT2D eigenvalue weighted by Gasteiger charge is -2.15. The number of sulfonamides is 1. The second kappa shape index (κ2) is 7.08. The SMILES string of the molecule is Cc1cc(C)c(S(=O)(=O)Nc2ccc(OC3CCCC3)cc2)c(C)c1. The second-order valence-corrected chi connectivity index (χ2v) is 8.50. The van der Waals surface area contributed by atoms with Gasteiger partial charge < -0.3 is 4.74 Å². The normalized spacial score (nSPS) is 15.3. The van der Waals surface area contributed by atoms with Crippen LogP contribution in [0.3, 0.4) is 0 Å². The van der Waals surface area contributed by atoms with Crippen LogP contribution in [0, 0.1) is 20.8 Å². The van der Waals surface area contributed by atoms with Crippen LogP contribution in [0.1, 0.15) is 42.4 Å². The first-order valence-electron chi connectivity index (χ1n) is 8.72. The van der Waals surface area contributed by atoms with Crippen LogP contribution in [0.2, 0.25) is 0 Å². The van der Waals surface area contributed by atoms with Crippen LogP contribution in [-0.4, -0.2) is 14.5 Å². The Labute approximate surface area is 150 Å². The Kier molecular flexibility index (Phi) is 5.04. The van der Waals surface area contributed by atoms with E-state index in [2.05, 4.69) is 4.72 Å². The Morgan fingerprint density at radius 2 is 1.52 bits per heavy atom. The zero-order chi connectivity index (χ0) is 18.0. The molecular weight excluding hydrogens is 334 g/mol. The third-order valence-corrected chi connectivity index (χ3v) is 6.27. The molecule has 1 N–H and O–H groups in total. The molecular formula is C20H25NO3S. The van der Waals surface area contributed by atoms with Crippen molar-refractivity contribution < 1.29 is 13.2 Å². The van der Waals surface area contributed by atoms with E-state index in [0.717, 1.165) is 35.3 Å². The summed E-state index contributed by atoms with van der Waals surface area (Å²) < 4.78 is 34.1. The van der Waals surface area contributed by atoms with Gasteiger partial charge in [0, 0.05) is 5.69 Å². The Bertz CT molecular complexity index is 828. The zero-order valence-corrected chi connectivity index (χ0v) is 15.8. The summed E-state index contributed by atoms with van der Waals surface area (Å²) in [5.74, 6) is 0.789. The van der Waals surface area contributed by atoms with Crippen molar-refractivity contribution in [2.75, 3.05) is 4.72 Å². The van der Waals surface area contributed by atoms with Gasteiger partial charge in [0.25, 0.3) is 10.0 Å². The predicted molar refractivity (Wildman–Crippen MR) is 101 cm³/mol. The molecule has 0 aromatic heterocycles. The summed E-state index contributed by atoms with van der Waals surface area (Å²) in [5.41, 5.74) is 3.11. The van der Waals surface area contributed by atoms with Crippen molar-refractivity contribution in [3.8, 4) is 5.75 Å². The van der Waals surface area contributed by atoms with Crippen LogP contribution in [0.4, 0.5) is 5.69 Å². The molecule has 0 spiro atoms. The highest BCUT2D eigenvalue weighted by Crippen LogP contribution is 2.27. The van der Waals surface area contributed by atoms with Gasteiger partial charge in [-0.25, -0.2) is 8.42 Å². The Balaban J connectivity index is 1.77. The lowest BCUT2D eigenvalue weighted by molar-refractivity contribution is 0.210. The molecule has 0 atom stereocenters. The van der Waals surface area contributed by atoms with Crippen LogP contribution in [0.5, 0.6) is 5.75 Å². The largest absolute Gasteiger partial charge is 0.490 e. The lowest BCUT2D eigenvalue weighted by atomic mass is 10.1. The van der Waals surface area contributed by atoms with E-state index in [1.54, 1.807) is 12.1 Å². The fourth-order valence-corrected chi connectivity index (χ4v) is 5.11. The molecule has 0 amide bonds. The third kappa shape index (κ3) is 4.15. The quantitative estimate of drug-likeness (QED) is 0.839. The summed E-state index contributed by atoms with van der Waals surface area (Å²) >= 11 is 0. The summed E-state index contributed by atoms with van der Waals surface area (Å²) in [6.07, 6.45) is 4.93. The first-order chi connectivity index (χ1) is 11.8. The Hall–Kier alpha value is -2.01. The second-order valence-electron chi connectivity index (χ2n) is 6.88. The van der Waals surface area contributed by atoms with Gasteiger partial charge in [-0.15, -0.1) is 0 Å². The molecule has 1 fully saturated rings. The number of anilines is 1. The van der Waals surface area contributed by atoms with Crippen molar-refractivity contribution in [2.45, 2.75) is 57.5 Å². The average molecular weight is 359 g/mol. The molecule has 1 saturated carbocycles. The minimum atomic E-state index is -3.62. The molecule has 4 nitrogen and oxygen atoms in total. The highest BCUT2D eigenvalue weighted by molar-refractivity contribution is 7.92.